The van der Waals surface area contributed by atoms with Crippen LogP contribution in [-0.2, 0) is 15.3 Å². The summed E-state index contributed by atoms with van der Waals surface area (Å²) in [4.78, 5) is 7.89. The second kappa shape index (κ2) is 7.15. The van der Waals surface area contributed by atoms with Crippen molar-refractivity contribution in [1.82, 2.24) is 9.97 Å². The molecule has 4 rings (SSSR count). The number of aromatic amines is 1. The van der Waals surface area contributed by atoms with E-state index in [2.05, 4.69) is 9.97 Å². The molecule has 0 amide bonds. The molecule has 2 aromatic carbocycles. The van der Waals surface area contributed by atoms with Gasteiger partial charge >= 0.3 is 0 Å². The molecule has 2 heterocycles. The molecule has 0 atom stereocenters. The second-order valence-electron chi connectivity index (χ2n) is 5.97. The fourth-order valence-corrected chi connectivity index (χ4v) is 3.91. The Morgan fingerprint density at radius 3 is 2.60 bits per heavy atom. The van der Waals surface area contributed by atoms with Gasteiger partial charge in [-0.3, -0.25) is 0 Å². The summed E-state index contributed by atoms with van der Waals surface area (Å²) in [6.07, 6.45) is 1.63. The molecule has 0 aliphatic carbocycles. The van der Waals surface area contributed by atoms with Crippen molar-refractivity contribution >= 4 is 22.8 Å². The van der Waals surface area contributed by atoms with Crippen LogP contribution in [0.4, 0.5) is 4.39 Å². The Hall–Kier alpha value is -1.89. The van der Waals surface area contributed by atoms with Crippen molar-refractivity contribution in [1.29, 1.82) is 0 Å². The highest BCUT2D eigenvalue weighted by Crippen LogP contribution is 2.36. The lowest BCUT2D eigenvalue weighted by Crippen LogP contribution is -2.27. The molecule has 0 bridgehead atoms. The lowest BCUT2D eigenvalue weighted by Gasteiger charge is -2.27. The van der Waals surface area contributed by atoms with Crippen molar-refractivity contribution in [2.45, 2.75) is 23.8 Å². The normalized spacial score (nSPS) is 16.5. The summed E-state index contributed by atoms with van der Waals surface area (Å²) < 4.78 is 25.0. The zero-order valence-corrected chi connectivity index (χ0v) is 14.5. The number of thioether (sulfide) groups is 1. The highest BCUT2D eigenvalue weighted by Gasteiger charge is 2.37. The fourth-order valence-electron chi connectivity index (χ4n) is 3.09. The molecule has 1 N–H and O–H groups in total. The minimum Gasteiger partial charge on any atom is -0.343 e. The number of para-hydroxylation sites is 2. The molecule has 0 unspecified atom stereocenters. The van der Waals surface area contributed by atoms with Crippen LogP contribution in [0.2, 0.25) is 0 Å². The molecule has 4 nitrogen and oxygen atoms in total. The highest BCUT2D eigenvalue weighted by molar-refractivity contribution is 7.99. The number of nitrogens with one attached hydrogen (secondary N) is 1. The van der Waals surface area contributed by atoms with Gasteiger partial charge < -0.3 is 14.5 Å². The fraction of sp³-hybridized carbons (Fsp3) is 0.316. The van der Waals surface area contributed by atoms with E-state index in [4.69, 9.17) is 9.47 Å². The van der Waals surface area contributed by atoms with E-state index < -0.39 is 5.79 Å². The summed E-state index contributed by atoms with van der Waals surface area (Å²) in [5.41, 5.74) is 2.91. The monoisotopic (exact) mass is 358 g/mol. The summed E-state index contributed by atoms with van der Waals surface area (Å²) in [6, 6.07) is 14.4. The Morgan fingerprint density at radius 2 is 1.84 bits per heavy atom. The number of rotatable bonds is 6. The van der Waals surface area contributed by atoms with Gasteiger partial charge in [0.1, 0.15) is 5.82 Å². The Morgan fingerprint density at radius 1 is 1.08 bits per heavy atom. The van der Waals surface area contributed by atoms with Crippen LogP contribution in [0.5, 0.6) is 0 Å². The van der Waals surface area contributed by atoms with Gasteiger partial charge in [-0.2, -0.15) is 0 Å². The molecule has 0 spiro atoms. The molecule has 1 fully saturated rings. The van der Waals surface area contributed by atoms with Crippen LogP contribution in [0.1, 0.15) is 18.4 Å². The van der Waals surface area contributed by atoms with Crippen LogP contribution < -0.4 is 0 Å². The molecule has 0 saturated carbocycles. The number of H-pyrrole nitrogens is 1. The minimum absolute atomic E-state index is 0.252. The van der Waals surface area contributed by atoms with Gasteiger partial charge in [-0.25, -0.2) is 9.37 Å². The summed E-state index contributed by atoms with van der Waals surface area (Å²) in [5, 5.41) is 0.922. The molecule has 25 heavy (non-hydrogen) atoms. The molecular formula is C19H19FN2O2S. The van der Waals surface area contributed by atoms with Crippen molar-refractivity contribution in [3.8, 4) is 0 Å². The summed E-state index contributed by atoms with van der Waals surface area (Å²) in [6.45, 7) is 1.13. The molecule has 1 aliphatic heterocycles. The van der Waals surface area contributed by atoms with Gasteiger partial charge in [0.05, 0.1) is 24.2 Å². The number of imidazole rings is 1. The Balaban J connectivity index is 1.38. The zero-order chi connectivity index (χ0) is 17.1. The molecular weight excluding hydrogens is 339 g/mol. The maximum Gasteiger partial charge on any atom is 0.195 e. The highest BCUT2D eigenvalue weighted by atomic mass is 32.2. The van der Waals surface area contributed by atoms with Gasteiger partial charge in [0.2, 0.25) is 0 Å². The van der Waals surface area contributed by atoms with E-state index >= 15 is 0 Å². The topological polar surface area (TPSA) is 47.1 Å². The van der Waals surface area contributed by atoms with Crippen molar-refractivity contribution in [3.05, 3.63) is 59.9 Å². The van der Waals surface area contributed by atoms with Crippen LogP contribution in [0.15, 0.2) is 53.7 Å². The molecule has 1 aromatic heterocycles. The predicted octanol–water partition coefficient (Wildman–Crippen LogP) is 4.47. The van der Waals surface area contributed by atoms with Crippen LogP contribution in [0.25, 0.3) is 11.0 Å². The number of hydrogen-bond donors (Lipinski definition) is 1. The standard InChI is InChI=1S/C19H19FN2O2S/c20-15-8-6-14(7-9-15)19(23-11-12-24-19)10-3-13-25-18-21-16-4-1-2-5-17(16)22-18/h1-2,4-9H,3,10-13H2,(H,21,22). The second-order valence-corrected chi connectivity index (χ2v) is 7.05. The van der Waals surface area contributed by atoms with E-state index in [-0.39, 0.29) is 5.82 Å². The Labute approximate surface area is 149 Å². The van der Waals surface area contributed by atoms with Crippen LogP contribution in [0, 0.1) is 5.82 Å². The van der Waals surface area contributed by atoms with Crippen LogP contribution in [-0.4, -0.2) is 28.9 Å². The van der Waals surface area contributed by atoms with Gasteiger partial charge in [0.15, 0.2) is 10.9 Å². The van der Waals surface area contributed by atoms with E-state index in [1.165, 1.54) is 12.1 Å². The number of nitrogens with zero attached hydrogens (tertiary/aromatic N) is 1. The van der Waals surface area contributed by atoms with Crippen molar-refractivity contribution in [3.63, 3.8) is 0 Å². The third-order valence-electron chi connectivity index (χ3n) is 4.29. The molecule has 6 heteroatoms. The van der Waals surface area contributed by atoms with Crippen molar-refractivity contribution in [2.75, 3.05) is 19.0 Å². The van der Waals surface area contributed by atoms with E-state index in [1.807, 2.05) is 24.3 Å². The van der Waals surface area contributed by atoms with Gasteiger partial charge in [0, 0.05) is 17.7 Å². The quantitative estimate of drug-likeness (QED) is 0.521. The number of halogens is 1. The lowest BCUT2D eigenvalue weighted by atomic mass is 10.0. The molecule has 130 valence electrons. The maximum absolute atomic E-state index is 13.2. The zero-order valence-electron chi connectivity index (χ0n) is 13.7. The number of ether oxygens (including phenoxy) is 2. The number of hydrogen-bond acceptors (Lipinski definition) is 4. The first-order valence-electron chi connectivity index (χ1n) is 8.37. The van der Waals surface area contributed by atoms with Crippen molar-refractivity contribution in [2.24, 2.45) is 0 Å². The SMILES string of the molecule is Fc1ccc(C2(CCCSc3nc4ccccc4[nH]3)OCCO2)cc1. The molecule has 1 saturated heterocycles. The Bertz CT molecular complexity index is 811. The summed E-state index contributed by atoms with van der Waals surface area (Å²) in [7, 11) is 0. The third-order valence-corrected chi connectivity index (χ3v) is 5.25. The smallest absolute Gasteiger partial charge is 0.195 e. The van der Waals surface area contributed by atoms with E-state index in [0.717, 1.165) is 40.3 Å². The number of aromatic nitrogens is 2. The predicted molar refractivity (Wildman–Crippen MR) is 96.0 cm³/mol. The van der Waals surface area contributed by atoms with E-state index in [0.29, 0.717) is 13.2 Å². The largest absolute Gasteiger partial charge is 0.343 e. The van der Waals surface area contributed by atoms with Crippen LogP contribution >= 0.6 is 11.8 Å². The molecule has 1 aliphatic rings. The minimum atomic E-state index is -0.748. The van der Waals surface area contributed by atoms with Crippen LogP contribution in [0.3, 0.4) is 0 Å². The van der Waals surface area contributed by atoms with E-state index in [9.17, 15) is 4.39 Å². The van der Waals surface area contributed by atoms with Gasteiger partial charge in [-0.1, -0.05) is 36.0 Å². The van der Waals surface area contributed by atoms with Gasteiger partial charge in [0.25, 0.3) is 0 Å². The first-order valence-corrected chi connectivity index (χ1v) is 9.35. The van der Waals surface area contributed by atoms with Gasteiger partial charge in [-0.15, -0.1) is 0 Å². The van der Waals surface area contributed by atoms with Gasteiger partial charge in [-0.05, 0) is 30.7 Å². The maximum atomic E-state index is 13.2. The average molecular weight is 358 g/mol. The summed E-state index contributed by atoms with van der Waals surface area (Å²) >= 11 is 1.69. The first-order chi connectivity index (χ1) is 12.3. The summed E-state index contributed by atoms with van der Waals surface area (Å²) in [5.74, 6) is -0.102. The lowest BCUT2D eigenvalue weighted by molar-refractivity contribution is -0.170. The molecule has 0 radical (unpaired) electrons. The Kier molecular flexibility index (Phi) is 4.74. The first kappa shape index (κ1) is 16.6. The molecule has 3 aromatic rings. The van der Waals surface area contributed by atoms with E-state index in [1.54, 1.807) is 23.9 Å². The average Bonchev–Trinajstić information content (AvgIpc) is 3.26. The number of fused-ring (bicyclic) bond motifs is 1. The third kappa shape index (κ3) is 3.56. The number of benzene rings is 2. The van der Waals surface area contributed by atoms with Crippen molar-refractivity contribution < 1.29 is 13.9 Å².